The number of aliphatic carboxylic acids is 1. The first-order valence-electron chi connectivity index (χ1n) is 8.01. The van der Waals surface area contributed by atoms with Crippen LogP contribution in [0.2, 0.25) is 0 Å². The van der Waals surface area contributed by atoms with E-state index in [4.69, 9.17) is 5.11 Å². The van der Waals surface area contributed by atoms with Crippen molar-refractivity contribution in [2.24, 2.45) is 5.92 Å². The smallest absolute Gasteiger partial charge is 0.308 e. The lowest BCUT2D eigenvalue weighted by atomic mass is 9.97. The predicted molar refractivity (Wildman–Crippen MR) is 86.0 cm³/mol. The van der Waals surface area contributed by atoms with Gasteiger partial charge < -0.3 is 10.0 Å². The van der Waals surface area contributed by atoms with Crippen LogP contribution >= 0.6 is 0 Å². The van der Waals surface area contributed by atoms with Gasteiger partial charge in [0.05, 0.1) is 10.8 Å². The molecule has 2 aliphatic rings. The normalized spacial score (nSPS) is 21.5. The van der Waals surface area contributed by atoms with Gasteiger partial charge in [-0.2, -0.15) is 0 Å². The molecule has 1 aliphatic carbocycles. The van der Waals surface area contributed by atoms with Gasteiger partial charge in [-0.15, -0.1) is 0 Å². The van der Waals surface area contributed by atoms with Crippen molar-refractivity contribution in [2.45, 2.75) is 36.6 Å². The van der Waals surface area contributed by atoms with E-state index in [9.17, 15) is 18.0 Å². The molecule has 24 heavy (non-hydrogen) atoms. The monoisotopic (exact) mass is 352 g/mol. The Morgan fingerprint density at radius 1 is 1.21 bits per heavy atom. The summed E-state index contributed by atoms with van der Waals surface area (Å²) in [7, 11) is -3.62. The van der Waals surface area contributed by atoms with Crippen molar-refractivity contribution in [1.82, 2.24) is 9.62 Å². The summed E-state index contributed by atoms with van der Waals surface area (Å²) in [6, 6.07) is 5.90. The van der Waals surface area contributed by atoms with Gasteiger partial charge in [0.15, 0.2) is 0 Å². The molecule has 2 N–H and O–H groups in total. The number of carboxylic acid groups (broad SMARTS) is 1. The summed E-state index contributed by atoms with van der Waals surface area (Å²) in [6.45, 7) is 0.644. The number of rotatable bonds is 5. The van der Waals surface area contributed by atoms with Crippen LogP contribution in [0.3, 0.4) is 0 Å². The van der Waals surface area contributed by atoms with Crippen LogP contribution in [0.5, 0.6) is 0 Å². The Morgan fingerprint density at radius 2 is 1.96 bits per heavy atom. The molecule has 1 aromatic carbocycles. The number of amides is 1. The maximum absolute atomic E-state index is 12.6. The fraction of sp³-hybridized carbons (Fsp3) is 0.500. The van der Waals surface area contributed by atoms with E-state index in [-0.39, 0.29) is 29.0 Å². The molecule has 130 valence electrons. The van der Waals surface area contributed by atoms with E-state index in [1.165, 1.54) is 23.1 Å². The van der Waals surface area contributed by atoms with Crippen molar-refractivity contribution in [3.8, 4) is 0 Å². The van der Waals surface area contributed by atoms with E-state index in [0.717, 1.165) is 12.8 Å². The third-order valence-corrected chi connectivity index (χ3v) is 5.87. The van der Waals surface area contributed by atoms with Crippen LogP contribution in [0.4, 0.5) is 0 Å². The number of hydrogen-bond acceptors (Lipinski definition) is 4. The van der Waals surface area contributed by atoms with Crippen LogP contribution in [0.25, 0.3) is 0 Å². The third kappa shape index (κ3) is 3.76. The van der Waals surface area contributed by atoms with Gasteiger partial charge in [0.1, 0.15) is 0 Å². The number of likely N-dealkylation sites (tertiary alicyclic amines) is 1. The lowest BCUT2D eigenvalue weighted by Crippen LogP contribution is -2.42. The van der Waals surface area contributed by atoms with E-state index in [2.05, 4.69) is 4.72 Å². The average molecular weight is 352 g/mol. The molecule has 8 heteroatoms. The molecular weight excluding hydrogens is 332 g/mol. The van der Waals surface area contributed by atoms with E-state index in [1.807, 2.05) is 0 Å². The summed E-state index contributed by atoms with van der Waals surface area (Å²) in [5.41, 5.74) is 0.264. The third-order valence-electron chi connectivity index (χ3n) is 4.35. The van der Waals surface area contributed by atoms with E-state index >= 15 is 0 Å². The Bertz CT molecular complexity index is 757. The lowest BCUT2D eigenvalue weighted by molar-refractivity contribution is -0.143. The zero-order valence-electron chi connectivity index (χ0n) is 13.1. The number of carbonyl (C=O) groups excluding carboxylic acids is 1. The topological polar surface area (TPSA) is 104 Å². The van der Waals surface area contributed by atoms with Gasteiger partial charge in [0, 0.05) is 24.7 Å². The van der Waals surface area contributed by atoms with E-state index in [0.29, 0.717) is 19.4 Å². The number of carboxylic acids is 1. The van der Waals surface area contributed by atoms with Gasteiger partial charge in [-0.05, 0) is 43.9 Å². The van der Waals surface area contributed by atoms with Crippen molar-refractivity contribution in [2.75, 3.05) is 13.1 Å². The molecule has 1 atom stereocenters. The number of carbonyl (C=O) groups is 2. The minimum Gasteiger partial charge on any atom is -0.481 e. The summed E-state index contributed by atoms with van der Waals surface area (Å²) in [4.78, 5) is 25.3. The second-order valence-corrected chi connectivity index (χ2v) is 8.07. The zero-order valence-corrected chi connectivity index (χ0v) is 14.0. The molecule has 1 aliphatic heterocycles. The summed E-state index contributed by atoms with van der Waals surface area (Å²) in [5, 5.41) is 9.12. The number of sulfonamides is 1. The molecular formula is C16H20N2O5S. The molecule has 0 aromatic heterocycles. The van der Waals surface area contributed by atoms with Crippen molar-refractivity contribution in [3.05, 3.63) is 29.8 Å². The Balaban J connectivity index is 1.78. The molecule has 2 fully saturated rings. The van der Waals surface area contributed by atoms with E-state index in [1.54, 1.807) is 6.07 Å². The fourth-order valence-electron chi connectivity index (χ4n) is 2.83. The first-order valence-corrected chi connectivity index (χ1v) is 9.49. The maximum Gasteiger partial charge on any atom is 0.308 e. The highest BCUT2D eigenvalue weighted by molar-refractivity contribution is 7.89. The molecule has 0 bridgehead atoms. The van der Waals surface area contributed by atoms with E-state index < -0.39 is 21.9 Å². The Labute approximate surface area is 140 Å². The van der Waals surface area contributed by atoms with Crippen molar-refractivity contribution < 1.29 is 23.1 Å². The lowest BCUT2D eigenvalue weighted by Gasteiger charge is -2.30. The molecule has 1 amide bonds. The second-order valence-electron chi connectivity index (χ2n) is 6.35. The zero-order chi connectivity index (χ0) is 17.3. The maximum atomic E-state index is 12.6. The van der Waals surface area contributed by atoms with Crippen LogP contribution in [0, 0.1) is 5.92 Å². The fourth-order valence-corrected chi connectivity index (χ4v) is 4.18. The van der Waals surface area contributed by atoms with Crippen molar-refractivity contribution >= 4 is 21.9 Å². The quantitative estimate of drug-likeness (QED) is 0.825. The highest BCUT2D eigenvalue weighted by Gasteiger charge is 2.30. The van der Waals surface area contributed by atoms with Crippen LogP contribution in [0.1, 0.15) is 36.0 Å². The molecule has 1 saturated heterocycles. The number of hydrogen-bond donors (Lipinski definition) is 2. The van der Waals surface area contributed by atoms with Gasteiger partial charge in [0.25, 0.3) is 5.91 Å². The minimum absolute atomic E-state index is 0.00669. The Kier molecular flexibility index (Phi) is 4.60. The molecule has 0 unspecified atom stereocenters. The largest absolute Gasteiger partial charge is 0.481 e. The highest BCUT2D eigenvalue weighted by Crippen LogP contribution is 2.23. The van der Waals surface area contributed by atoms with Crippen LogP contribution < -0.4 is 4.72 Å². The number of nitrogens with zero attached hydrogens (tertiary/aromatic N) is 1. The summed E-state index contributed by atoms with van der Waals surface area (Å²) >= 11 is 0. The first kappa shape index (κ1) is 16.9. The molecule has 1 heterocycles. The summed E-state index contributed by atoms with van der Waals surface area (Å²) < 4.78 is 27.1. The van der Waals surface area contributed by atoms with Gasteiger partial charge in [-0.25, -0.2) is 13.1 Å². The average Bonchev–Trinajstić information content (AvgIpc) is 3.37. The van der Waals surface area contributed by atoms with Crippen LogP contribution in [0.15, 0.2) is 29.2 Å². The van der Waals surface area contributed by atoms with Crippen LogP contribution in [-0.4, -0.2) is 49.4 Å². The number of benzene rings is 1. The number of piperidine rings is 1. The van der Waals surface area contributed by atoms with Gasteiger partial charge in [0.2, 0.25) is 10.0 Å². The van der Waals surface area contributed by atoms with Gasteiger partial charge in [-0.3, -0.25) is 9.59 Å². The molecule has 0 radical (unpaired) electrons. The van der Waals surface area contributed by atoms with Gasteiger partial charge in [-0.1, -0.05) is 6.07 Å². The van der Waals surface area contributed by atoms with Gasteiger partial charge >= 0.3 is 5.97 Å². The summed E-state index contributed by atoms with van der Waals surface area (Å²) in [6.07, 6.45) is 2.85. The molecule has 7 nitrogen and oxygen atoms in total. The Hall–Kier alpha value is -1.93. The predicted octanol–water partition coefficient (Wildman–Crippen LogP) is 1.06. The van der Waals surface area contributed by atoms with Crippen molar-refractivity contribution in [3.63, 3.8) is 0 Å². The first-order chi connectivity index (χ1) is 11.4. The summed E-state index contributed by atoms with van der Waals surface area (Å²) in [5.74, 6) is -1.80. The molecule has 1 aromatic rings. The SMILES string of the molecule is O=C(O)[C@H]1CCCN(C(=O)c2cccc(S(=O)(=O)NC3CC3)c2)C1. The Morgan fingerprint density at radius 3 is 2.62 bits per heavy atom. The number of nitrogens with one attached hydrogen (secondary N) is 1. The van der Waals surface area contributed by atoms with Crippen molar-refractivity contribution in [1.29, 1.82) is 0 Å². The second kappa shape index (κ2) is 6.52. The molecule has 3 rings (SSSR count). The molecule has 0 spiro atoms. The standard InChI is InChI=1S/C16H20N2O5S/c19-15(18-8-2-4-12(10-18)16(20)21)11-3-1-5-14(9-11)24(22,23)17-13-6-7-13/h1,3,5,9,12-13,17H,2,4,6-8,10H2,(H,20,21)/t12-/m0/s1. The van der Waals surface area contributed by atoms with Crippen LogP contribution in [-0.2, 0) is 14.8 Å². The molecule has 1 saturated carbocycles. The minimum atomic E-state index is -3.62. The highest BCUT2D eigenvalue weighted by atomic mass is 32.2.